The van der Waals surface area contributed by atoms with Crippen LogP contribution in [0.15, 0.2) is 87.2 Å². The van der Waals surface area contributed by atoms with Gasteiger partial charge < -0.3 is 4.98 Å². The third kappa shape index (κ3) is 3.36. The van der Waals surface area contributed by atoms with Gasteiger partial charge in [0.2, 0.25) is 0 Å². The van der Waals surface area contributed by atoms with Crippen molar-refractivity contribution in [2.75, 3.05) is 0 Å². The molecule has 0 aliphatic rings. The first-order chi connectivity index (χ1) is 14.6. The van der Waals surface area contributed by atoms with Crippen LogP contribution in [0.1, 0.15) is 11.1 Å². The van der Waals surface area contributed by atoms with Crippen molar-refractivity contribution < 1.29 is 0 Å². The number of aryl methyl sites for hydroxylation is 1. The molecule has 0 amide bonds. The third-order valence-corrected chi connectivity index (χ3v) is 6.67. The topological polar surface area (TPSA) is 50.7 Å². The molecule has 2 aromatic heterocycles. The molecule has 0 spiro atoms. The van der Waals surface area contributed by atoms with Crippen LogP contribution in [0.3, 0.4) is 0 Å². The molecule has 3 aromatic carbocycles. The molecule has 0 saturated heterocycles. The van der Waals surface area contributed by atoms with Gasteiger partial charge in [0, 0.05) is 21.1 Å². The van der Waals surface area contributed by atoms with Crippen LogP contribution in [0, 0.1) is 6.92 Å². The lowest BCUT2D eigenvalue weighted by molar-refractivity contribution is 0.813. The van der Waals surface area contributed by atoms with E-state index >= 15 is 0 Å². The minimum Gasteiger partial charge on any atom is -0.349 e. The lowest BCUT2D eigenvalue weighted by Gasteiger charge is -2.14. The quantitative estimate of drug-likeness (QED) is 0.247. The van der Waals surface area contributed by atoms with E-state index in [1.165, 1.54) is 5.56 Å². The number of halogens is 1. The Labute approximate surface area is 186 Å². The van der Waals surface area contributed by atoms with Crippen molar-refractivity contribution in [3.63, 3.8) is 0 Å². The van der Waals surface area contributed by atoms with Crippen molar-refractivity contribution >= 4 is 49.6 Å². The zero-order valence-corrected chi connectivity index (χ0v) is 18.6. The number of nitrogens with one attached hydrogen (secondary N) is 1. The standard InChI is InChI=1S/C24H18BrN3OS/c1-15-6-2-5-9-20(15)28-23(29)22-21(18-7-3-4-8-19(18)26-22)27-24(28)30-14-16-10-12-17(25)13-11-16/h2-13,26H,14H2,1H3. The maximum atomic E-state index is 13.6. The van der Waals surface area contributed by atoms with Crippen molar-refractivity contribution in [3.8, 4) is 5.69 Å². The number of H-pyrrole nitrogens is 1. The zero-order chi connectivity index (χ0) is 20.7. The van der Waals surface area contributed by atoms with Gasteiger partial charge in [0.1, 0.15) is 11.0 Å². The fraction of sp³-hybridized carbons (Fsp3) is 0.0833. The highest BCUT2D eigenvalue weighted by Crippen LogP contribution is 2.29. The molecule has 0 radical (unpaired) electrons. The molecule has 5 rings (SSSR count). The maximum absolute atomic E-state index is 13.6. The molecule has 5 aromatic rings. The number of thioether (sulfide) groups is 1. The smallest absolute Gasteiger partial charge is 0.283 e. The molecule has 1 N–H and O–H groups in total. The number of fused-ring (bicyclic) bond motifs is 3. The van der Waals surface area contributed by atoms with Crippen LogP contribution in [0.5, 0.6) is 0 Å². The number of aromatic nitrogens is 3. The molecule has 148 valence electrons. The number of nitrogens with zero attached hydrogens (tertiary/aromatic N) is 2. The minimum absolute atomic E-state index is 0.0798. The van der Waals surface area contributed by atoms with E-state index in [2.05, 4.69) is 33.0 Å². The van der Waals surface area contributed by atoms with Crippen molar-refractivity contribution in [1.82, 2.24) is 14.5 Å². The average molecular weight is 476 g/mol. The third-order valence-electron chi connectivity index (χ3n) is 5.13. The molecule has 0 aliphatic carbocycles. The van der Waals surface area contributed by atoms with Crippen LogP contribution in [-0.4, -0.2) is 14.5 Å². The van der Waals surface area contributed by atoms with Crippen LogP contribution in [-0.2, 0) is 5.75 Å². The van der Waals surface area contributed by atoms with Gasteiger partial charge in [-0.25, -0.2) is 4.98 Å². The van der Waals surface area contributed by atoms with E-state index in [9.17, 15) is 4.79 Å². The van der Waals surface area contributed by atoms with Gasteiger partial charge in [0.05, 0.1) is 5.69 Å². The Morgan fingerprint density at radius 3 is 2.53 bits per heavy atom. The highest BCUT2D eigenvalue weighted by molar-refractivity contribution is 9.10. The summed E-state index contributed by atoms with van der Waals surface area (Å²) in [6.07, 6.45) is 0. The normalized spacial score (nSPS) is 11.4. The van der Waals surface area contributed by atoms with Crippen LogP contribution in [0.25, 0.3) is 27.6 Å². The van der Waals surface area contributed by atoms with Gasteiger partial charge in [-0.15, -0.1) is 0 Å². The van der Waals surface area contributed by atoms with Crippen molar-refractivity contribution in [1.29, 1.82) is 0 Å². The van der Waals surface area contributed by atoms with E-state index in [4.69, 9.17) is 4.98 Å². The predicted molar refractivity (Wildman–Crippen MR) is 128 cm³/mol. The van der Waals surface area contributed by atoms with Gasteiger partial charge in [0.15, 0.2) is 5.16 Å². The maximum Gasteiger partial charge on any atom is 0.283 e. The first kappa shape index (κ1) is 19.2. The molecule has 0 saturated carbocycles. The van der Waals surface area contributed by atoms with Crippen molar-refractivity contribution in [2.24, 2.45) is 0 Å². The van der Waals surface area contributed by atoms with E-state index in [-0.39, 0.29) is 5.56 Å². The van der Waals surface area contributed by atoms with E-state index in [1.807, 2.05) is 67.6 Å². The number of benzene rings is 3. The predicted octanol–water partition coefficient (Wildman–Crippen LogP) is 6.23. The first-order valence-electron chi connectivity index (χ1n) is 9.58. The molecule has 0 fully saturated rings. The van der Waals surface area contributed by atoms with Gasteiger partial charge in [-0.05, 0) is 42.3 Å². The molecule has 6 heteroatoms. The Morgan fingerprint density at radius 1 is 1.00 bits per heavy atom. The van der Waals surface area contributed by atoms with E-state index in [0.717, 1.165) is 37.9 Å². The van der Waals surface area contributed by atoms with Gasteiger partial charge in [0.25, 0.3) is 5.56 Å². The summed E-state index contributed by atoms with van der Waals surface area (Å²) in [5.41, 5.74) is 5.16. The summed E-state index contributed by atoms with van der Waals surface area (Å²) < 4.78 is 2.78. The van der Waals surface area contributed by atoms with Crippen LogP contribution >= 0.6 is 27.7 Å². The second-order valence-corrected chi connectivity index (χ2v) is 8.99. The molecule has 0 atom stereocenters. The van der Waals surface area contributed by atoms with Crippen LogP contribution in [0.2, 0.25) is 0 Å². The summed E-state index contributed by atoms with van der Waals surface area (Å²) in [5.74, 6) is 0.722. The Kier molecular flexibility index (Phi) is 4.97. The average Bonchev–Trinajstić information content (AvgIpc) is 3.13. The summed E-state index contributed by atoms with van der Waals surface area (Å²) in [4.78, 5) is 21.8. The summed E-state index contributed by atoms with van der Waals surface area (Å²) in [6, 6.07) is 24.0. The summed E-state index contributed by atoms with van der Waals surface area (Å²) in [6.45, 7) is 2.01. The zero-order valence-electron chi connectivity index (χ0n) is 16.2. The summed E-state index contributed by atoms with van der Waals surface area (Å²) >= 11 is 5.05. The second-order valence-electron chi connectivity index (χ2n) is 7.13. The molecule has 30 heavy (non-hydrogen) atoms. The van der Waals surface area contributed by atoms with Gasteiger partial charge in [-0.1, -0.05) is 76.2 Å². The van der Waals surface area contributed by atoms with E-state index in [1.54, 1.807) is 16.3 Å². The van der Waals surface area contributed by atoms with Crippen LogP contribution in [0.4, 0.5) is 0 Å². The highest BCUT2D eigenvalue weighted by atomic mass is 79.9. The number of hydrogen-bond acceptors (Lipinski definition) is 3. The second kappa shape index (κ2) is 7.78. The number of aromatic amines is 1. The van der Waals surface area contributed by atoms with Crippen molar-refractivity contribution in [3.05, 3.63) is 98.7 Å². The molecular weight excluding hydrogens is 458 g/mol. The SMILES string of the molecule is Cc1ccccc1-n1c(SCc2ccc(Br)cc2)nc2c([nH]c3ccccc32)c1=O. The fourth-order valence-electron chi connectivity index (χ4n) is 3.59. The van der Waals surface area contributed by atoms with Crippen molar-refractivity contribution in [2.45, 2.75) is 17.8 Å². The lowest BCUT2D eigenvalue weighted by Crippen LogP contribution is -2.22. The number of rotatable bonds is 4. The molecule has 2 heterocycles. The number of hydrogen-bond donors (Lipinski definition) is 1. The minimum atomic E-state index is -0.0798. The molecule has 0 unspecified atom stereocenters. The van der Waals surface area contributed by atoms with Gasteiger partial charge >= 0.3 is 0 Å². The van der Waals surface area contributed by atoms with Crippen LogP contribution < -0.4 is 5.56 Å². The Bertz CT molecular complexity index is 1440. The summed E-state index contributed by atoms with van der Waals surface area (Å²) in [5, 5.41) is 1.65. The molecule has 0 aliphatic heterocycles. The highest BCUT2D eigenvalue weighted by Gasteiger charge is 2.18. The van der Waals surface area contributed by atoms with E-state index < -0.39 is 0 Å². The monoisotopic (exact) mass is 475 g/mol. The Hall–Kier alpha value is -2.83. The van der Waals surface area contributed by atoms with Gasteiger partial charge in [-0.3, -0.25) is 9.36 Å². The molecule has 4 nitrogen and oxygen atoms in total. The Morgan fingerprint density at radius 2 is 1.73 bits per heavy atom. The van der Waals surface area contributed by atoms with Gasteiger partial charge in [-0.2, -0.15) is 0 Å². The molecular formula is C24H18BrN3OS. The summed E-state index contributed by atoms with van der Waals surface area (Å²) in [7, 11) is 0. The lowest BCUT2D eigenvalue weighted by atomic mass is 10.2. The van der Waals surface area contributed by atoms with E-state index in [0.29, 0.717) is 10.7 Å². The number of para-hydroxylation sites is 2. The largest absolute Gasteiger partial charge is 0.349 e. The Balaban J connectivity index is 1.72. The fourth-order valence-corrected chi connectivity index (χ4v) is 4.81. The first-order valence-corrected chi connectivity index (χ1v) is 11.4. The molecule has 0 bridgehead atoms.